The first-order valence-electron chi connectivity index (χ1n) is 6.87. The fourth-order valence-corrected chi connectivity index (χ4v) is 2.32. The Bertz CT molecular complexity index is 388. The second-order valence-electron chi connectivity index (χ2n) is 5.25. The van der Waals surface area contributed by atoms with E-state index in [0.29, 0.717) is 23.9 Å². The predicted octanol–water partition coefficient (Wildman–Crippen LogP) is 3.68. The van der Waals surface area contributed by atoms with Crippen molar-refractivity contribution in [1.82, 2.24) is 5.32 Å². The van der Waals surface area contributed by atoms with Gasteiger partial charge in [0.1, 0.15) is 0 Å². The van der Waals surface area contributed by atoms with E-state index in [4.69, 9.17) is 0 Å². The molecule has 0 aliphatic heterocycles. The third-order valence-corrected chi connectivity index (χ3v) is 3.51. The van der Waals surface area contributed by atoms with Crippen molar-refractivity contribution in [2.45, 2.75) is 45.1 Å². The first-order valence-corrected chi connectivity index (χ1v) is 6.87. The molecule has 2 rings (SSSR count). The Labute approximate surface area is 108 Å². The molecule has 1 nitrogen and oxygen atoms in total. The predicted molar refractivity (Wildman–Crippen MR) is 69.5 cm³/mol. The Balaban J connectivity index is 1.95. The van der Waals surface area contributed by atoms with Gasteiger partial charge in [0.15, 0.2) is 11.6 Å². The summed E-state index contributed by atoms with van der Waals surface area (Å²) in [6.45, 7) is 3.04. The van der Waals surface area contributed by atoms with Crippen molar-refractivity contribution in [1.29, 1.82) is 0 Å². The molecule has 0 spiro atoms. The maximum absolute atomic E-state index is 13.6. The maximum atomic E-state index is 13.6. The third-order valence-electron chi connectivity index (χ3n) is 3.51. The van der Waals surface area contributed by atoms with Crippen molar-refractivity contribution >= 4 is 0 Å². The van der Waals surface area contributed by atoms with Gasteiger partial charge >= 0.3 is 0 Å². The van der Waals surface area contributed by atoms with Crippen LogP contribution in [0.4, 0.5) is 8.78 Å². The van der Waals surface area contributed by atoms with E-state index in [1.54, 1.807) is 12.1 Å². The molecule has 0 bridgehead atoms. The number of benzene rings is 1. The number of nitrogens with one attached hydrogen (secondary N) is 1. The molecule has 0 aromatic heterocycles. The van der Waals surface area contributed by atoms with E-state index in [0.717, 1.165) is 19.4 Å². The molecular weight excluding hydrogens is 232 g/mol. The molecule has 1 aromatic rings. The van der Waals surface area contributed by atoms with Gasteiger partial charge in [0.25, 0.3) is 0 Å². The van der Waals surface area contributed by atoms with Gasteiger partial charge in [-0.15, -0.1) is 0 Å². The zero-order valence-corrected chi connectivity index (χ0v) is 10.9. The van der Waals surface area contributed by atoms with Crippen molar-refractivity contribution in [2.24, 2.45) is 5.92 Å². The van der Waals surface area contributed by atoms with Crippen LogP contribution in [0.5, 0.6) is 0 Å². The van der Waals surface area contributed by atoms with Crippen LogP contribution in [-0.2, 0) is 6.42 Å². The molecule has 0 amide bonds. The van der Waals surface area contributed by atoms with Gasteiger partial charge in [-0.25, -0.2) is 8.78 Å². The van der Waals surface area contributed by atoms with Gasteiger partial charge in [-0.3, -0.25) is 0 Å². The van der Waals surface area contributed by atoms with E-state index in [-0.39, 0.29) is 0 Å². The third kappa shape index (κ3) is 3.77. The lowest BCUT2D eigenvalue weighted by Crippen LogP contribution is -2.26. The Morgan fingerprint density at radius 3 is 2.78 bits per heavy atom. The summed E-state index contributed by atoms with van der Waals surface area (Å²) < 4.78 is 26.8. The first kappa shape index (κ1) is 13.5. The molecule has 1 aromatic carbocycles. The zero-order valence-electron chi connectivity index (χ0n) is 10.9. The highest BCUT2D eigenvalue weighted by Crippen LogP contribution is 2.22. The van der Waals surface area contributed by atoms with Gasteiger partial charge < -0.3 is 5.32 Å². The Morgan fingerprint density at radius 2 is 2.11 bits per heavy atom. The van der Waals surface area contributed by atoms with E-state index in [2.05, 4.69) is 12.2 Å². The van der Waals surface area contributed by atoms with Crippen molar-refractivity contribution in [3.63, 3.8) is 0 Å². The summed E-state index contributed by atoms with van der Waals surface area (Å²) in [5.74, 6) is -1.02. The molecule has 0 radical (unpaired) electrons. The minimum absolute atomic E-state index is 0.395. The molecular formula is C15H21F2N. The van der Waals surface area contributed by atoms with Crippen LogP contribution in [0.3, 0.4) is 0 Å². The average Bonchev–Trinajstić information content (AvgIpc) is 3.16. The monoisotopic (exact) mass is 253 g/mol. The van der Waals surface area contributed by atoms with E-state index in [1.807, 2.05) is 0 Å². The summed E-state index contributed by atoms with van der Waals surface area (Å²) >= 11 is 0. The van der Waals surface area contributed by atoms with E-state index in [1.165, 1.54) is 18.9 Å². The van der Waals surface area contributed by atoms with Gasteiger partial charge in [0.2, 0.25) is 0 Å². The second-order valence-corrected chi connectivity index (χ2v) is 5.25. The van der Waals surface area contributed by atoms with Gasteiger partial charge in [-0.2, -0.15) is 0 Å². The number of halogens is 2. The van der Waals surface area contributed by atoms with Crippen LogP contribution in [0.2, 0.25) is 0 Å². The molecule has 18 heavy (non-hydrogen) atoms. The molecule has 1 aliphatic carbocycles. The molecule has 1 unspecified atom stereocenters. The van der Waals surface area contributed by atoms with Crippen molar-refractivity contribution in [3.05, 3.63) is 35.4 Å². The van der Waals surface area contributed by atoms with Crippen LogP contribution in [0.1, 0.15) is 38.2 Å². The molecule has 100 valence electrons. The lowest BCUT2D eigenvalue weighted by Gasteiger charge is -2.17. The van der Waals surface area contributed by atoms with Crippen LogP contribution in [0.15, 0.2) is 18.2 Å². The lowest BCUT2D eigenvalue weighted by atomic mass is 9.94. The standard InChI is InChI=1S/C15H21F2N/c1-2-4-11(10-18-13-7-8-13)9-12-5-3-6-14(16)15(12)17/h3,5-6,11,13,18H,2,4,7-10H2,1H3. The highest BCUT2D eigenvalue weighted by molar-refractivity contribution is 5.19. The molecule has 0 saturated heterocycles. The van der Waals surface area contributed by atoms with Gasteiger partial charge in [0, 0.05) is 6.04 Å². The Kier molecular flexibility index (Phi) is 4.70. The highest BCUT2D eigenvalue weighted by atomic mass is 19.2. The highest BCUT2D eigenvalue weighted by Gasteiger charge is 2.22. The Hall–Kier alpha value is -0.960. The quantitative estimate of drug-likeness (QED) is 0.781. The van der Waals surface area contributed by atoms with Crippen LogP contribution >= 0.6 is 0 Å². The molecule has 1 fully saturated rings. The Morgan fingerprint density at radius 1 is 1.33 bits per heavy atom. The fraction of sp³-hybridized carbons (Fsp3) is 0.600. The van der Waals surface area contributed by atoms with E-state index >= 15 is 0 Å². The summed E-state index contributed by atoms with van der Waals surface area (Å²) in [6, 6.07) is 5.13. The number of hydrogen-bond acceptors (Lipinski definition) is 1. The smallest absolute Gasteiger partial charge is 0.162 e. The van der Waals surface area contributed by atoms with Gasteiger partial charge in [0.05, 0.1) is 0 Å². The maximum Gasteiger partial charge on any atom is 0.162 e. The van der Waals surface area contributed by atoms with Crippen molar-refractivity contribution in [3.8, 4) is 0 Å². The van der Waals surface area contributed by atoms with E-state index < -0.39 is 11.6 Å². The summed E-state index contributed by atoms with van der Waals surface area (Å²) in [6.07, 6.45) is 5.26. The zero-order chi connectivity index (χ0) is 13.0. The van der Waals surface area contributed by atoms with Gasteiger partial charge in [-0.1, -0.05) is 25.5 Å². The summed E-state index contributed by atoms with van der Waals surface area (Å²) in [5, 5.41) is 3.48. The van der Waals surface area contributed by atoms with E-state index in [9.17, 15) is 8.78 Å². The number of rotatable bonds is 7. The molecule has 1 atom stereocenters. The van der Waals surface area contributed by atoms with Crippen molar-refractivity contribution < 1.29 is 8.78 Å². The fourth-order valence-electron chi connectivity index (χ4n) is 2.32. The van der Waals surface area contributed by atoms with Crippen LogP contribution in [0, 0.1) is 17.6 Å². The topological polar surface area (TPSA) is 12.0 Å². The molecule has 3 heteroatoms. The summed E-state index contributed by atoms with van der Waals surface area (Å²) in [4.78, 5) is 0. The number of hydrogen-bond donors (Lipinski definition) is 1. The summed E-state index contributed by atoms with van der Waals surface area (Å²) in [7, 11) is 0. The van der Waals surface area contributed by atoms with Crippen LogP contribution < -0.4 is 5.32 Å². The molecule has 0 heterocycles. The summed E-state index contributed by atoms with van der Waals surface area (Å²) in [5.41, 5.74) is 0.506. The largest absolute Gasteiger partial charge is 0.314 e. The van der Waals surface area contributed by atoms with Gasteiger partial charge in [-0.05, 0) is 49.8 Å². The average molecular weight is 253 g/mol. The van der Waals surface area contributed by atoms with Crippen LogP contribution in [-0.4, -0.2) is 12.6 Å². The van der Waals surface area contributed by atoms with Crippen LogP contribution in [0.25, 0.3) is 0 Å². The molecule has 1 N–H and O–H groups in total. The first-order chi connectivity index (χ1) is 8.70. The normalized spacial score (nSPS) is 16.8. The van der Waals surface area contributed by atoms with Crippen molar-refractivity contribution in [2.75, 3.05) is 6.54 Å². The SMILES string of the molecule is CCCC(CNC1CC1)Cc1cccc(F)c1F. The second kappa shape index (κ2) is 6.28. The minimum atomic E-state index is -0.738. The minimum Gasteiger partial charge on any atom is -0.314 e. The molecule has 1 saturated carbocycles. The molecule has 1 aliphatic rings. The lowest BCUT2D eigenvalue weighted by molar-refractivity contribution is 0.422.